The molecule has 0 amide bonds. The highest BCUT2D eigenvalue weighted by Gasteiger charge is 2.20. The first-order chi connectivity index (χ1) is 11.6. The monoisotopic (exact) mass is 433 g/mol. The lowest BCUT2D eigenvalue weighted by Gasteiger charge is -2.28. The molecule has 1 aliphatic heterocycles. The zero-order chi connectivity index (χ0) is 16.9. The summed E-state index contributed by atoms with van der Waals surface area (Å²) in [5.41, 5.74) is 2.47. The van der Waals surface area contributed by atoms with E-state index in [0.717, 1.165) is 19.0 Å². The molecule has 3 rings (SSSR count). The lowest BCUT2D eigenvalue weighted by molar-refractivity contribution is 0.431. The first-order valence-electron chi connectivity index (χ1n) is 8.45. The Labute approximate surface area is 158 Å². The van der Waals surface area contributed by atoms with E-state index in [0.29, 0.717) is 0 Å². The highest BCUT2D eigenvalue weighted by molar-refractivity contribution is 14.1. The molecule has 1 atom stereocenters. The third-order valence-electron chi connectivity index (χ3n) is 4.47. The minimum Gasteiger partial charge on any atom is -0.346 e. The molecule has 0 aromatic heterocycles. The van der Waals surface area contributed by atoms with Crippen molar-refractivity contribution in [2.24, 2.45) is 4.99 Å². The molecule has 0 bridgehead atoms. The topological polar surface area (TPSA) is 18.8 Å². The van der Waals surface area contributed by atoms with Crippen LogP contribution in [0.5, 0.6) is 0 Å². The Morgan fingerprint density at radius 3 is 1.96 bits per heavy atom. The Kier molecular flexibility index (Phi) is 5.76. The molecular formula is C20H24IN3. The Bertz CT molecular complexity index is 668. The number of hydrogen-bond donors (Lipinski definition) is 0. The van der Waals surface area contributed by atoms with E-state index >= 15 is 0 Å². The molecule has 24 heavy (non-hydrogen) atoms. The molecule has 0 spiro atoms. The van der Waals surface area contributed by atoms with Crippen molar-refractivity contribution in [3.63, 3.8) is 0 Å². The van der Waals surface area contributed by atoms with Crippen LogP contribution in [0.1, 0.15) is 30.0 Å². The predicted molar refractivity (Wildman–Crippen MR) is 109 cm³/mol. The largest absolute Gasteiger partial charge is 0.346 e. The Morgan fingerprint density at radius 1 is 0.833 bits per heavy atom. The number of rotatable bonds is 3. The molecule has 0 aliphatic carbocycles. The van der Waals surface area contributed by atoms with Crippen LogP contribution in [0, 0.1) is 3.57 Å². The molecule has 2 aromatic carbocycles. The Hall–Kier alpha value is -1.56. The SMILES string of the molecule is CN1CCCCN(C)C1=NC(c1ccccc1)c1ccc(I)cc1. The lowest BCUT2D eigenvalue weighted by Crippen LogP contribution is -2.39. The van der Waals surface area contributed by atoms with Crippen molar-refractivity contribution in [1.82, 2.24) is 9.80 Å². The lowest BCUT2D eigenvalue weighted by atomic mass is 9.99. The minimum absolute atomic E-state index is 0.0289. The summed E-state index contributed by atoms with van der Waals surface area (Å²) < 4.78 is 1.25. The van der Waals surface area contributed by atoms with Gasteiger partial charge in [0.1, 0.15) is 6.04 Å². The fourth-order valence-electron chi connectivity index (χ4n) is 3.12. The third kappa shape index (κ3) is 4.09. The van der Waals surface area contributed by atoms with Crippen LogP contribution in [0.2, 0.25) is 0 Å². The number of hydrogen-bond acceptors (Lipinski definition) is 1. The van der Waals surface area contributed by atoms with Crippen molar-refractivity contribution in [1.29, 1.82) is 0 Å². The molecule has 0 radical (unpaired) electrons. The van der Waals surface area contributed by atoms with Gasteiger partial charge in [-0.2, -0.15) is 0 Å². The van der Waals surface area contributed by atoms with Gasteiger partial charge in [-0.15, -0.1) is 0 Å². The number of halogens is 1. The number of benzene rings is 2. The molecule has 1 unspecified atom stereocenters. The summed E-state index contributed by atoms with van der Waals surface area (Å²) in [6, 6.07) is 19.3. The molecule has 1 saturated heterocycles. The molecular weight excluding hydrogens is 409 g/mol. The third-order valence-corrected chi connectivity index (χ3v) is 5.18. The fourth-order valence-corrected chi connectivity index (χ4v) is 3.48. The molecule has 0 saturated carbocycles. The molecule has 1 aliphatic rings. The van der Waals surface area contributed by atoms with Crippen molar-refractivity contribution in [2.75, 3.05) is 27.2 Å². The zero-order valence-corrected chi connectivity index (χ0v) is 16.5. The summed E-state index contributed by atoms with van der Waals surface area (Å²) in [6.45, 7) is 2.13. The van der Waals surface area contributed by atoms with Gasteiger partial charge in [0.2, 0.25) is 0 Å². The maximum absolute atomic E-state index is 5.19. The molecule has 0 N–H and O–H groups in total. The maximum atomic E-state index is 5.19. The van der Waals surface area contributed by atoms with Crippen LogP contribution >= 0.6 is 22.6 Å². The van der Waals surface area contributed by atoms with Crippen LogP contribution in [0.3, 0.4) is 0 Å². The van der Waals surface area contributed by atoms with Crippen molar-refractivity contribution >= 4 is 28.6 Å². The standard InChI is InChI=1S/C20H24IN3/c1-23-14-6-7-15-24(2)20(23)22-19(16-8-4-3-5-9-16)17-10-12-18(21)13-11-17/h3-5,8-13,19H,6-7,14-15H2,1-2H3. The summed E-state index contributed by atoms with van der Waals surface area (Å²) in [5, 5.41) is 0. The second-order valence-corrected chi connectivity index (χ2v) is 7.59. The van der Waals surface area contributed by atoms with Gasteiger partial charge < -0.3 is 9.80 Å². The average Bonchev–Trinajstić information content (AvgIpc) is 2.76. The van der Waals surface area contributed by atoms with Crippen molar-refractivity contribution in [2.45, 2.75) is 18.9 Å². The van der Waals surface area contributed by atoms with E-state index < -0.39 is 0 Å². The Balaban J connectivity index is 2.04. The minimum atomic E-state index is 0.0289. The van der Waals surface area contributed by atoms with Gasteiger partial charge in [-0.3, -0.25) is 0 Å². The highest BCUT2D eigenvalue weighted by atomic mass is 127. The zero-order valence-electron chi connectivity index (χ0n) is 14.3. The molecule has 4 heteroatoms. The van der Waals surface area contributed by atoms with Gasteiger partial charge in [0.25, 0.3) is 0 Å². The van der Waals surface area contributed by atoms with Crippen molar-refractivity contribution in [3.8, 4) is 0 Å². The summed E-state index contributed by atoms with van der Waals surface area (Å²) >= 11 is 2.35. The van der Waals surface area contributed by atoms with Crippen molar-refractivity contribution < 1.29 is 0 Å². The van der Waals surface area contributed by atoms with Crippen LogP contribution in [-0.2, 0) is 0 Å². The first-order valence-corrected chi connectivity index (χ1v) is 9.53. The van der Waals surface area contributed by atoms with E-state index in [2.05, 4.69) is 101 Å². The molecule has 2 aromatic rings. The van der Waals surface area contributed by atoms with Gasteiger partial charge in [0.05, 0.1) is 0 Å². The Morgan fingerprint density at radius 2 is 1.38 bits per heavy atom. The van der Waals surface area contributed by atoms with E-state index in [1.807, 2.05) is 0 Å². The van der Waals surface area contributed by atoms with E-state index in [4.69, 9.17) is 4.99 Å². The van der Waals surface area contributed by atoms with E-state index in [1.165, 1.54) is 27.5 Å². The van der Waals surface area contributed by atoms with Gasteiger partial charge in [-0.05, 0) is 58.7 Å². The van der Waals surface area contributed by atoms with E-state index in [-0.39, 0.29) is 6.04 Å². The first kappa shape index (κ1) is 17.3. The van der Waals surface area contributed by atoms with E-state index in [9.17, 15) is 0 Å². The van der Waals surface area contributed by atoms with Gasteiger partial charge in [0, 0.05) is 30.8 Å². The molecule has 1 heterocycles. The van der Waals surface area contributed by atoms with Crippen LogP contribution in [0.25, 0.3) is 0 Å². The van der Waals surface area contributed by atoms with Crippen LogP contribution in [0.15, 0.2) is 59.6 Å². The van der Waals surface area contributed by atoms with Gasteiger partial charge in [-0.1, -0.05) is 42.5 Å². The molecule has 126 valence electrons. The smallest absolute Gasteiger partial charge is 0.197 e. The number of guanidine groups is 1. The summed E-state index contributed by atoms with van der Waals surface area (Å²) in [6.07, 6.45) is 2.44. The number of aliphatic imine (C=N–C) groups is 1. The average molecular weight is 433 g/mol. The molecule has 1 fully saturated rings. The van der Waals surface area contributed by atoms with Crippen molar-refractivity contribution in [3.05, 3.63) is 69.3 Å². The van der Waals surface area contributed by atoms with Gasteiger partial charge >= 0.3 is 0 Å². The molecule has 3 nitrogen and oxygen atoms in total. The van der Waals surface area contributed by atoms with Crippen LogP contribution in [-0.4, -0.2) is 42.9 Å². The summed E-state index contributed by atoms with van der Waals surface area (Å²) in [5.74, 6) is 1.08. The maximum Gasteiger partial charge on any atom is 0.197 e. The fraction of sp³-hybridized carbons (Fsp3) is 0.350. The van der Waals surface area contributed by atoms with Crippen LogP contribution in [0.4, 0.5) is 0 Å². The van der Waals surface area contributed by atoms with Gasteiger partial charge in [0.15, 0.2) is 5.96 Å². The normalized spacial score (nSPS) is 16.7. The number of nitrogens with zero attached hydrogens (tertiary/aromatic N) is 3. The predicted octanol–water partition coefficient (Wildman–Crippen LogP) is 4.39. The summed E-state index contributed by atoms with van der Waals surface area (Å²) in [4.78, 5) is 9.77. The second-order valence-electron chi connectivity index (χ2n) is 6.34. The van der Waals surface area contributed by atoms with E-state index in [1.54, 1.807) is 0 Å². The van der Waals surface area contributed by atoms with Gasteiger partial charge in [-0.25, -0.2) is 4.99 Å². The summed E-state index contributed by atoms with van der Waals surface area (Å²) in [7, 11) is 4.30. The second kappa shape index (κ2) is 8.01. The quantitative estimate of drug-likeness (QED) is 0.669. The van der Waals surface area contributed by atoms with Crippen LogP contribution < -0.4 is 0 Å². The highest BCUT2D eigenvalue weighted by Crippen LogP contribution is 2.27.